The SMILES string of the molecule is CCCCCCC/C=C\C/C=C\CCCCCCCCCCCCCCCCCCCC(=O)NC(COC1OC(CO)C(O)C(O)C1O)C(O)/C=C/CC/C=C/CCCCCCCCCCCCCCCCCCCCC. The number of ether oxygens (including phenoxy) is 2. The van der Waals surface area contributed by atoms with Crippen LogP contribution in [-0.4, -0.2) is 87.5 Å². The number of allylic oxidation sites excluding steroid dienone is 7. The molecule has 0 bridgehead atoms. The van der Waals surface area contributed by atoms with Gasteiger partial charge in [-0.25, -0.2) is 0 Å². The standard InChI is InChI=1S/C68H127NO8/c1-3-5-7-9-11-13-15-17-19-21-23-25-27-29-30-31-32-34-36-38-40-42-44-46-48-50-52-54-56-58-64(72)69-61(60-76-68-67(75)66(74)65(73)63(59-70)77-68)62(71)57-55-53-51-49-47-45-43-41-39-37-35-33-28-26-24-22-20-18-16-14-12-10-8-6-4-2/h15,17,21,23,47,49,55,57,61-63,65-68,70-71,73-75H,3-14,16,18-20,22,24-46,48,50-54,56,58-60H2,1-2H3,(H,69,72)/b17-15-,23-21-,49-47+,57-55+. The van der Waals surface area contributed by atoms with Crippen LogP contribution in [0.4, 0.5) is 0 Å². The molecule has 0 radical (unpaired) electrons. The quantitative estimate of drug-likeness (QED) is 0.0261. The molecule has 0 aromatic rings. The van der Waals surface area contributed by atoms with Crippen LogP contribution >= 0.6 is 0 Å². The fraction of sp³-hybridized carbons (Fsp3) is 0.868. The highest BCUT2D eigenvalue weighted by Crippen LogP contribution is 2.23. The summed E-state index contributed by atoms with van der Waals surface area (Å²) in [5.41, 5.74) is 0. The van der Waals surface area contributed by atoms with E-state index in [0.29, 0.717) is 6.42 Å². The van der Waals surface area contributed by atoms with Gasteiger partial charge in [0, 0.05) is 6.42 Å². The molecule has 0 aliphatic carbocycles. The Hall–Kier alpha value is -1.85. The van der Waals surface area contributed by atoms with Gasteiger partial charge in [-0.1, -0.05) is 300 Å². The second kappa shape index (κ2) is 57.4. The van der Waals surface area contributed by atoms with E-state index in [-0.39, 0.29) is 12.5 Å². The first kappa shape index (κ1) is 73.2. The average molecular weight is 1090 g/mol. The number of carbonyl (C=O) groups is 1. The van der Waals surface area contributed by atoms with Gasteiger partial charge in [0.25, 0.3) is 0 Å². The van der Waals surface area contributed by atoms with Crippen LogP contribution in [0.15, 0.2) is 48.6 Å². The fourth-order valence-corrected chi connectivity index (χ4v) is 10.6. The largest absolute Gasteiger partial charge is 0.394 e. The van der Waals surface area contributed by atoms with Crippen molar-refractivity contribution in [3.8, 4) is 0 Å². The Balaban J connectivity index is 2.17. The van der Waals surface area contributed by atoms with Crippen molar-refractivity contribution in [2.24, 2.45) is 0 Å². The zero-order valence-corrected chi connectivity index (χ0v) is 50.5. The number of carbonyl (C=O) groups excluding carboxylic acids is 1. The first-order valence-electron chi connectivity index (χ1n) is 33.4. The third-order valence-corrected chi connectivity index (χ3v) is 15.9. The van der Waals surface area contributed by atoms with Gasteiger partial charge in [0.05, 0.1) is 25.4 Å². The van der Waals surface area contributed by atoms with Crippen molar-refractivity contribution >= 4 is 5.91 Å². The van der Waals surface area contributed by atoms with Gasteiger partial charge in [0.2, 0.25) is 5.91 Å². The molecular formula is C68H127NO8. The summed E-state index contributed by atoms with van der Waals surface area (Å²) < 4.78 is 11.3. The van der Waals surface area contributed by atoms with E-state index < -0.39 is 49.5 Å². The van der Waals surface area contributed by atoms with Crippen molar-refractivity contribution < 1.29 is 39.8 Å². The summed E-state index contributed by atoms with van der Waals surface area (Å²) in [6, 6.07) is -0.823. The van der Waals surface area contributed by atoms with E-state index in [1.807, 2.05) is 6.08 Å². The van der Waals surface area contributed by atoms with E-state index in [9.17, 15) is 30.3 Å². The lowest BCUT2D eigenvalue weighted by Gasteiger charge is -2.40. The maximum atomic E-state index is 13.1. The van der Waals surface area contributed by atoms with Crippen LogP contribution in [0, 0.1) is 0 Å². The summed E-state index contributed by atoms with van der Waals surface area (Å²) in [6.45, 7) is 3.80. The maximum Gasteiger partial charge on any atom is 0.220 e. The van der Waals surface area contributed by atoms with E-state index in [0.717, 1.165) is 44.9 Å². The van der Waals surface area contributed by atoms with Crippen LogP contribution < -0.4 is 5.32 Å². The minimum absolute atomic E-state index is 0.182. The monoisotopic (exact) mass is 1090 g/mol. The summed E-state index contributed by atoms with van der Waals surface area (Å²) >= 11 is 0. The molecular weight excluding hydrogens is 959 g/mol. The molecule has 1 saturated heterocycles. The molecule has 1 amide bonds. The first-order chi connectivity index (χ1) is 37.8. The Labute approximate surface area is 475 Å². The molecule has 77 heavy (non-hydrogen) atoms. The first-order valence-corrected chi connectivity index (χ1v) is 33.4. The van der Waals surface area contributed by atoms with Crippen LogP contribution in [-0.2, 0) is 14.3 Å². The van der Waals surface area contributed by atoms with Crippen LogP contribution in [0.2, 0.25) is 0 Å². The molecule has 1 fully saturated rings. The topological polar surface area (TPSA) is 149 Å². The van der Waals surface area contributed by atoms with Crippen LogP contribution in [0.3, 0.4) is 0 Å². The number of rotatable bonds is 58. The van der Waals surface area contributed by atoms with Crippen molar-refractivity contribution in [1.29, 1.82) is 0 Å². The predicted octanol–water partition coefficient (Wildman–Crippen LogP) is 17.6. The van der Waals surface area contributed by atoms with Gasteiger partial charge in [-0.15, -0.1) is 0 Å². The second-order valence-corrected chi connectivity index (χ2v) is 23.3. The van der Waals surface area contributed by atoms with E-state index in [2.05, 4.69) is 55.6 Å². The number of aliphatic hydroxyl groups is 5. The van der Waals surface area contributed by atoms with E-state index in [4.69, 9.17) is 9.47 Å². The molecule has 7 atom stereocenters. The Bertz CT molecular complexity index is 1350. The van der Waals surface area contributed by atoms with Gasteiger partial charge in [-0.3, -0.25) is 4.79 Å². The molecule has 9 nitrogen and oxygen atoms in total. The lowest BCUT2D eigenvalue weighted by Crippen LogP contribution is -2.60. The van der Waals surface area contributed by atoms with Crippen molar-refractivity contribution in [2.75, 3.05) is 13.2 Å². The average Bonchev–Trinajstić information content (AvgIpc) is 3.43. The molecule has 7 unspecified atom stereocenters. The number of amides is 1. The Morgan fingerprint density at radius 2 is 0.779 bits per heavy atom. The van der Waals surface area contributed by atoms with Gasteiger partial charge >= 0.3 is 0 Å². The maximum absolute atomic E-state index is 13.1. The minimum Gasteiger partial charge on any atom is -0.394 e. The highest BCUT2D eigenvalue weighted by molar-refractivity contribution is 5.76. The fourth-order valence-electron chi connectivity index (χ4n) is 10.6. The van der Waals surface area contributed by atoms with Gasteiger partial charge in [-0.2, -0.15) is 0 Å². The highest BCUT2D eigenvalue weighted by atomic mass is 16.7. The Morgan fingerprint density at radius 3 is 1.17 bits per heavy atom. The predicted molar refractivity (Wildman–Crippen MR) is 327 cm³/mol. The summed E-state index contributed by atoms with van der Waals surface area (Å²) in [5, 5.41) is 54.7. The van der Waals surface area contributed by atoms with E-state index in [1.165, 1.54) is 257 Å². The molecule has 0 spiro atoms. The molecule has 0 aromatic heterocycles. The lowest BCUT2D eigenvalue weighted by atomic mass is 9.99. The van der Waals surface area contributed by atoms with Gasteiger partial charge in [0.15, 0.2) is 6.29 Å². The summed E-state index contributed by atoms with van der Waals surface area (Å²) in [6.07, 6.45) is 70.6. The zero-order valence-electron chi connectivity index (χ0n) is 50.5. The molecule has 6 N–H and O–H groups in total. The van der Waals surface area contributed by atoms with E-state index in [1.54, 1.807) is 6.08 Å². The molecule has 1 heterocycles. The van der Waals surface area contributed by atoms with Crippen LogP contribution in [0.5, 0.6) is 0 Å². The van der Waals surface area contributed by atoms with Crippen molar-refractivity contribution in [2.45, 2.75) is 365 Å². The van der Waals surface area contributed by atoms with Crippen molar-refractivity contribution in [1.82, 2.24) is 5.32 Å². The van der Waals surface area contributed by atoms with Gasteiger partial charge in [0.1, 0.15) is 24.4 Å². The summed E-state index contributed by atoms with van der Waals surface area (Å²) in [4.78, 5) is 13.1. The Morgan fingerprint density at radius 1 is 0.442 bits per heavy atom. The molecule has 0 aromatic carbocycles. The van der Waals surface area contributed by atoms with Crippen LogP contribution in [0.1, 0.15) is 322 Å². The van der Waals surface area contributed by atoms with Crippen molar-refractivity contribution in [3.05, 3.63) is 48.6 Å². The lowest BCUT2D eigenvalue weighted by molar-refractivity contribution is -0.302. The van der Waals surface area contributed by atoms with Crippen LogP contribution in [0.25, 0.3) is 0 Å². The normalized spacial score (nSPS) is 19.0. The molecule has 9 heteroatoms. The highest BCUT2D eigenvalue weighted by Gasteiger charge is 2.44. The number of hydrogen-bond donors (Lipinski definition) is 6. The number of unbranched alkanes of at least 4 members (excludes halogenated alkanes) is 42. The molecule has 452 valence electrons. The molecule has 1 rings (SSSR count). The van der Waals surface area contributed by atoms with Gasteiger partial charge in [-0.05, 0) is 64.2 Å². The number of aliphatic hydroxyl groups excluding tert-OH is 5. The zero-order chi connectivity index (χ0) is 55.8. The third-order valence-electron chi connectivity index (χ3n) is 15.9. The minimum atomic E-state index is -1.57. The number of nitrogens with one attached hydrogen (secondary N) is 1. The van der Waals surface area contributed by atoms with E-state index >= 15 is 0 Å². The molecule has 0 saturated carbocycles. The Kier molecular flexibility index (Phi) is 54.5. The number of hydrogen-bond acceptors (Lipinski definition) is 8. The second-order valence-electron chi connectivity index (χ2n) is 23.3. The summed E-state index contributed by atoms with van der Waals surface area (Å²) in [7, 11) is 0. The molecule has 1 aliphatic heterocycles. The van der Waals surface area contributed by atoms with Crippen molar-refractivity contribution in [3.63, 3.8) is 0 Å². The third kappa shape index (κ3) is 46.5. The van der Waals surface area contributed by atoms with Gasteiger partial charge < -0.3 is 40.3 Å². The smallest absolute Gasteiger partial charge is 0.220 e. The summed E-state index contributed by atoms with van der Waals surface area (Å²) in [5.74, 6) is -0.182. The molecule has 1 aliphatic rings.